The van der Waals surface area contributed by atoms with Gasteiger partial charge in [0.15, 0.2) is 0 Å². The van der Waals surface area contributed by atoms with Crippen molar-refractivity contribution in [2.75, 3.05) is 46.9 Å². The molecule has 1 amide bonds. The van der Waals surface area contributed by atoms with E-state index in [-0.39, 0.29) is 23.5 Å². The lowest BCUT2D eigenvalue weighted by Crippen LogP contribution is -2.59. The van der Waals surface area contributed by atoms with Crippen LogP contribution in [0.5, 0.6) is 0 Å². The zero-order valence-electron chi connectivity index (χ0n) is 12.3. The first-order valence-corrected chi connectivity index (χ1v) is 6.49. The van der Waals surface area contributed by atoms with Crippen molar-refractivity contribution in [1.82, 2.24) is 15.5 Å². The molecule has 106 valence electrons. The van der Waals surface area contributed by atoms with Crippen LogP contribution in [0.4, 0.5) is 0 Å². The molecule has 1 heterocycles. The summed E-state index contributed by atoms with van der Waals surface area (Å²) in [6.45, 7) is 9.72. The van der Waals surface area contributed by atoms with Gasteiger partial charge in [0.1, 0.15) is 6.61 Å². The maximum atomic E-state index is 11.7. The van der Waals surface area contributed by atoms with Crippen LogP contribution in [0.25, 0.3) is 0 Å². The number of amides is 1. The molecule has 0 bridgehead atoms. The lowest BCUT2D eigenvalue weighted by molar-refractivity contribution is -0.136. The van der Waals surface area contributed by atoms with Crippen LogP contribution in [0, 0.1) is 5.41 Å². The van der Waals surface area contributed by atoms with Gasteiger partial charge in [-0.15, -0.1) is 0 Å². The topological polar surface area (TPSA) is 53.6 Å². The summed E-state index contributed by atoms with van der Waals surface area (Å²) in [7, 11) is 4.08. The van der Waals surface area contributed by atoms with Gasteiger partial charge < -0.3 is 20.3 Å². The summed E-state index contributed by atoms with van der Waals surface area (Å²) in [6, 6.07) is 0. The van der Waals surface area contributed by atoms with Gasteiger partial charge in [-0.25, -0.2) is 0 Å². The lowest BCUT2D eigenvalue weighted by Gasteiger charge is -2.38. The monoisotopic (exact) mass is 257 g/mol. The predicted octanol–water partition coefficient (Wildman–Crippen LogP) is 0.0689. The van der Waals surface area contributed by atoms with Gasteiger partial charge in [-0.05, 0) is 26.4 Å². The molecular weight excluding hydrogens is 230 g/mol. The van der Waals surface area contributed by atoms with Crippen LogP contribution < -0.4 is 10.6 Å². The minimum atomic E-state index is -0.156. The van der Waals surface area contributed by atoms with Crippen LogP contribution in [0.15, 0.2) is 0 Å². The molecule has 1 aliphatic rings. The maximum absolute atomic E-state index is 11.7. The first-order valence-electron chi connectivity index (χ1n) is 6.49. The number of rotatable bonds is 7. The Labute approximate surface area is 110 Å². The molecule has 0 saturated carbocycles. The van der Waals surface area contributed by atoms with Crippen molar-refractivity contribution < 1.29 is 9.53 Å². The smallest absolute Gasteiger partial charge is 0.246 e. The number of carbonyl (C=O) groups is 1. The van der Waals surface area contributed by atoms with Gasteiger partial charge in [-0.2, -0.15) is 0 Å². The molecule has 0 radical (unpaired) electrons. The second-order valence-corrected chi connectivity index (χ2v) is 6.52. The first kappa shape index (κ1) is 15.4. The minimum Gasteiger partial charge on any atom is -0.363 e. The summed E-state index contributed by atoms with van der Waals surface area (Å²) in [4.78, 5) is 13.8. The number of hydrogen-bond donors (Lipinski definition) is 2. The van der Waals surface area contributed by atoms with Crippen LogP contribution >= 0.6 is 0 Å². The highest BCUT2D eigenvalue weighted by Gasteiger charge is 2.33. The largest absolute Gasteiger partial charge is 0.363 e. The highest BCUT2D eigenvalue weighted by molar-refractivity contribution is 5.77. The minimum absolute atomic E-state index is 0.0324. The van der Waals surface area contributed by atoms with Crippen molar-refractivity contribution in [3.05, 3.63) is 0 Å². The molecular formula is C13H27N3O2. The summed E-state index contributed by atoms with van der Waals surface area (Å²) in [6.07, 6.45) is 0. The van der Waals surface area contributed by atoms with Crippen LogP contribution in [0.1, 0.15) is 20.8 Å². The molecule has 0 atom stereocenters. The average Bonchev–Trinajstić information content (AvgIpc) is 2.19. The third-order valence-corrected chi connectivity index (χ3v) is 3.06. The number of carbonyl (C=O) groups excluding carboxylic acids is 1. The van der Waals surface area contributed by atoms with E-state index in [2.05, 4.69) is 29.4 Å². The molecule has 0 unspecified atom stereocenters. The van der Waals surface area contributed by atoms with E-state index in [9.17, 15) is 4.79 Å². The van der Waals surface area contributed by atoms with Crippen LogP contribution in [-0.2, 0) is 9.53 Å². The molecule has 0 aromatic rings. The third kappa shape index (κ3) is 5.33. The summed E-state index contributed by atoms with van der Waals surface area (Å²) < 4.78 is 5.59. The number of nitrogens with zero attached hydrogens (tertiary/aromatic N) is 1. The van der Waals surface area contributed by atoms with E-state index in [0.29, 0.717) is 6.54 Å². The van der Waals surface area contributed by atoms with E-state index in [1.807, 2.05) is 21.0 Å². The van der Waals surface area contributed by atoms with Crippen LogP contribution in [0.3, 0.4) is 0 Å². The quantitative estimate of drug-likeness (QED) is 0.678. The normalized spacial score (nSPS) is 18.6. The fourth-order valence-corrected chi connectivity index (χ4v) is 2.12. The third-order valence-electron chi connectivity index (χ3n) is 3.06. The molecule has 1 fully saturated rings. The van der Waals surface area contributed by atoms with Gasteiger partial charge in [0.25, 0.3) is 0 Å². The van der Waals surface area contributed by atoms with Gasteiger partial charge in [-0.1, -0.05) is 13.8 Å². The van der Waals surface area contributed by atoms with Gasteiger partial charge in [0.2, 0.25) is 5.91 Å². The van der Waals surface area contributed by atoms with E-state index in [1.165, 1.54) is 0 Å². The number of hydrogen-bond acceptors (Lipinski definition) is 4. The maximum Gasteiger partial charge on any atom is 0.246 e. The summed E-state index contributed by atoms with van der Waals surface area (Å²) in [5.41, 5.74) is -0.0857. The zero-order valence-corrected chi connectivity index (χ0v) is 12.3. The van der Waals surface area contributed by atoms with E-state index in [4.69, 9.17) is 4.74 Å². The molecule has 2 N–H and O–H groups in total. The fourth-order valence-electron chi connectivity index (χ4n) is 2.12. The van der Waals surface area contributed by atoms with Gasteiger partial charge in [0.05, 0.1) is 5.60 Å². The zero-order chi connectivity index (χ0) is 13.8. The Balaban J connectivity index is 2.20. The van der Waals surface area contributed by atoms with Crippen LogP contribution in [0.2, 0.25) is 0 Å². The molecule has 5 heteroatoms. The molecule has 0 aliphatic carbocycles. The van der Waals surface area contributed by atoms with E-state index >= 15 is 0 Å². The summed E-state index contributed by atoms with van der Waals surface area (Å²) >= 11 is 0. The Kier molecular flexibility index (Phi) is 5.13. The molecule has 0 aromatic carbocycles. The highest BCUT2D eigenvalue weighted by Crippen LogP contribution is 2.15. The highest BCUT2D eigenvalue weighted by atomic mass is 16.5. The first-order chi connectivity index (χ1) is 8.22. The van der Waals surface area contributed by atoms with Crippen molar-refractivity contribution in [3.63, 3.8) is 0 Å². The Morgan fingerprint density at radius 2 is 2.06 bits per heavy atom. The molecule has 1 aliphatic heterocycles. The van der Waals surface area contributed by atoms with Gasteiger partial charge in [0, 0.05) is 26.2 Å². The molecule has 18 heavy (non-hydrogen) atoms. The van der Waals surface area contributed by atoms with Crippen molar-refractivity contribution in [2.24, 2.45) is 5.41 Å². The molecule has 1 rings (SSSR count). The van der Waals surface area contributed by atoms with Crippen molar-refractivity contribution in [2.45, 2.75) is 26.4 Å². The molecule has 0 spiro atoms. The van der Waals surface area contributed by atoms with E-state index < -0.39 is 0 Å². The molecule has 0 aromatic heterocycles. The Morgan fingerprint density at radius 3 is 2.50 bits per heavy atom. The predicted molar refractivity (Wildman–Crippen MR) is 72.6 cm³/mol. The van der Waals surface area contributed by atoms with Gasteiger partial charge in [-0.3, -0.25) is 4.79 Å². The molecule has 1 saturated heterocycles. The van der Waals surface area contributed by atoms with Crippen molar-refractivity contribution in [1.29, 1.82) is 0 Å². The SMILES string of the molecule is CN(C)CC(C)(C)CNC(=O)COC1(C)CNC1. The summed E-state index contributed by atoms with van der Waals surface area (Å²) in [5.74, 6) is -0.0324. The number of ether oxygens (including phenoxy) is 1. The van der Waals surface area contributed by atoms with E-state index in [1.54, 1.807) is 0 Å². The van der Waals surface area contributed by atoms with Crippen LogP contribution in [-0.4, -0.2) is 63.3 Å². The Morgan fingerprint density at radius 1 is 1.44 bits per heavy atom. The molecule has 5 nitrogen and oxygen atoms in total. The number of nitrogens with one attached hydrogen (secondary N) is 2. The van der Waals surface area contributed by atoms with Gasteiger partial charge >= 0.3 is 0 Å². The Hall–Kier alpha value is -0.650. The average molecular weight is 257 g/mol. The van der Waals surface area contributed by atoms with E-state index in [0.717, 1.165) is 19.6 Å². The van der Waals surface area contributed by atoms with Crippen molar-refractivity contribution >= 4 is 5.91 Å². The Bertz CT molecular complexity index is 286. The van der Waals surface area contributed by atoms with Crippen molar-refractivity contribution in [3.8, 4) is 0 Å². The second kappa shape index (κ2) is 5.99. The standard InChI is InChI=1S/C13H27N3O2/c1-12(2,10-16(4)5)7-15-11(17)6-18-13(3)8-14-9-13/h14H,6-10H2,1-5H3,(H,15,17). The summed E-state index contributed by atoms with van der Waals surface area (Å²) in [5, 5.41) is 6.08. The lowest BCUT2D eigenvalue weighted by atomic mass is 9.93. The fraction of sp³-hybridized carbons (Fsp3) is 0.923. The second-order valence-electron chi connectivity index (χ2n) is 6.52.